The molecule has 1 unspecified atom stereocenters. The van der Waals surface area contributed by atoms with E-state index >= 15 is 0 Å². The molecule has 2 heterocycles. The van der Waals surface area contributed by atoms with Crippen molar-refractivity contribution in [3.8, 4) is 0 Å². The van der Waals surface area contributed by atoms with Gasteiger partial charge in [-0.25, -0.2) is 0 Å². The van der Waals surface area contributed by atoms with Crippen LogP contribution in [0.4, 0.5) is 0 Å². The molecule has 0 saturated carbocycles. The van der Waals surface area contributed by atoms with Crippen molar-refractivity contribution in [3.63, 3.8) is 0 Å². The average Bonchev–Trinajstić information content (AvgIpc) is 2.77. The third-order valence-electron chi connectivity index (χ3n) is 2.92. The molecule has 5 nitrogen and oxygen atoms in total. The second-order valence-electron chi connectivity index (χ2n) is 4.22. The Morgan fingerprint density at radius 3 is 2.94 bits per heavy atom. The first kappa shape index (κ1) is 11.6. The number of hydrogen-bond donors (Lipinski definition) is 1. The van der Waals surface area contributed by atoms with Gasteiger partial charge in [0.1, 0.15) is 5.69 Å². The van der Waals surface area contributed by atoms with Crippen LogP contribution in [0.5, 0.6) is 0 Å². The lowest BCUT2D eigenvalue weighted by Crippen LogP contribution is -2.29. The molecule has 1 fully saturated rings. The molecule has 0 spiro atoms. The third-order valence-corrected chi connectivity index (χ3v) is 2.92. The summed E-state index contributed by atoms with van der Waals surface area (Å²) in [7, 11) is 0. The Hall–Kier alpha value is -1.91. The fourth-order valence-electron chi connectivity index (χ4n) is 2.08. The van der Waals surface area contributed by atoms with Gasteiger partial charge >= 0.3 is 5.97 Å². The highest BCUT2D eigenvalue weighted by atomic mass is 16.4. The molecule has 17 heavy (non-hydrogen) atoms. The Morgan fingerprint density at radius 1 is 1.47 bits per heavy atom. The molecular weight excluding hydrogens is 220 g/mol. The van der Waals surface area contributed by atoms with Gasteiger partial charge in [-0.3, -0.25) is 14.6 Å². The Balaban J connectivity index is 1.97. The Labute approximate surface area is 99.1 Å². The minimum Gasteiger partial charge on any atom is -0.481 e. The molecule has 1 aliphatic heterocycles. The molecule has 0 radical (unpaired) electrons. The highest BCUT2D eigenvalue weighted by Gasteiger charge is 2.28. The summed E-state index contributed by atoms with van der Waals surface area (Å²) in [6, 6.07) is 5.20. The van der Waals surface area contributed by atoms with Crippen molar-refractivity contribution < 1.29 is 14.7 Å². The maximum Gasteiger partial charge on any atom is 0.303 e. The van der Waals surface area contributed by atoms with Gasteiger partial charge in [0.05, 0.1) is 0 Å². The van der Waals surface area contributed by atoms with Crippen molar-refractivity contribution in [1.29, 1.82) is 0 Å². The Bertz CT molecular complexity index is 419. The van der Waals surface area contributed by atoms with Crippen LogP contribution in [-0.4, -0.2) is 40.0 Å². The number of pyridine rings is 1. The molecule has 1 aromatic heterocycles. The van der Waals surface area contributed by atoms with Crippen molar-refractivity contribution in [3.05, 3.63) is 30.1 Å². The van der Waals surface area contributed by atoms with Gasteiger partial charge in [0.25, 0.3) is 5.91 Å². The number of amides is 1. The van der Waals surface area contributed by atoms with Crippen LogP contribution < -0.4 is 0 Å². The molecule has 1 aliphatic rings. The molecule has 0 bridgehead atoms. The smallest absolute Gasteiger partial charge is 0.303 e. The molecule has 5 heteroatoms. The second kappa shape index (κ2) is 4.95. The van der Waals surface area contributed by atoms with E-state index in [1.165, 1.54) is 0 Å². The minimum atomic E-state index is -0.804. The number of aliphatic carboxylic acids is 1. The zero-order chi connectivity index (χ0) is 12.3. The number of carboxylic acids is 1. The number of hydrogen-bond acceptors (Lipinski definition) is 3. The third kappa shape index (κ3) is 2.81. The number of carbonyl (C=O) groups is 2. The molecule has 0 aliphatic carbocycles. The number of carbonyl (C=O) groups excluding carboxylic acids is 1. The predicted molar refractivity (Wildman–Crippen MR) is 60.5 cm³/mol. The first-order chi connectivity index (χ1) is 8.16. The summed E-state index contributed by atoms with van der Waals surface area (Å²) in [5, 5.41) is 8.70. The monoisotopic (exact) mass is 234 g/mol. The normalized spacial score (nSPS) is 19.3. The lowest BCUT2D eigenvalue weighted by molar-refractivity contribution is -0.138. The zero-order valence-electron chi connectivity index (χ0n) is 9.37. The quantitative estimate of drug-likeness (QED) is 0.847. The molecule has 1 N–H and O–H groups in total. The van der Waals surface area contributed by atoms with Crippen molar-refractivity contribution in [1.82, 2.24) is 9.88 Å². The van der Waals surface area contributed by atoms with E-state index in [1.807, 2.05) is 0 Å². The maximum atomic E-state index is 12.0. The minimum absolute atomic E-state index is 0.0696. The van der Waals surface area contributed by atoms with E-state index in [1.54, 1.807) is 29.3 Å². The van der Waals surface area contributed by atoms with E-state index in [0.717, 1.165) is 6.42 Å². The Kier molecular flexibility index (Phi) is 3.37. The van der Waals surface area contributed by atoms with Gasteiger partial charge in [-0.1, -0.05) is 6.07 Å². The molecule has 90 valence electrons. The summed E-state index contributed by atoms with van der Waals surface area (Å²) in [6.45, 7) is 1.13. The summed E-state index contributed by atoms with van der Waals surface area (Å²) in [5.41, 5.74) is 0.420. The van der Waals surface area contributed by atoms with Gasteiger partial charge in [-0.2, -0.15) is 0 Å². The SMILES string of the molecule is O=C(O)CC1CCN(C(=O)c2ccccn2)C1. The standard InChI is InChI=1S/C12H14N2O3/c15-11(16)7-9-4-6-14(8-9)12(17)10-3-1-2-5-13-10/h1-3,5,9H,4,6-8H2,(H,15,16). The first-order valence-electron chi connectivity index (χ1n) is 5.59. The maximum absolute atomic E-state index is 12.0. The van der Waals surface area contributed by atoms with E-state index in [4.69, 9.17) is 5.11 Å². The molecule has 2 rings (SSSR count). The highest BCUT2D eigenvalue weighted by Crippen LogP contribution is 2.20. The lowest BCUT2D eigenvalue weighted by Gasteiger charge is -2.15. The van der Waals surface area contributed by atoms with E-state index in [0.29, 0.717) is 18.8 Å². The molecule has 0 aromatic carbocycles. The molecule has 1 atom stereocenters. The number of likely N-dealkylation sites (tertiary alicyclic amines) is 1. The van der Waals surface area contributed by atoms with Gasteiger partial charge < -0.3 is 10.0 Å². The first-order valence-corrected chi connectivity index (χ1v) is 5.59. The van der Waals surface area contributed by atoms with Crippen LogP contribution in [0.25, 0.3) is 0 Å². The zero-order valence-corrected chi connectivity index (χ0v) is 9.37. The number of rotatable bonds is 3. The molecule has 1 aromatic rings. The van der Waals surface area contributed by atoms with Gasteiger partial charge in [-0.15, -0.1) is 0 Å². The van der Waals surface area contributed by atoms with Gasteiger partial charge in [-0.05, 0) is 24.5 Å². The van der Waals surface area contributed by atoms with Crippen molar-refractivity contribution in [2.24, 2.45) is 5.92 Å². The summed E-state index contributed by atoms with van der Waals surface area (Å²) in [5.74, 6) is -0.846. The van der Waals surface area contributed by atoms with Crippen LogP contribution in [0.1, 0.15) is 23.3 Å². The largest absolute Gasteiger partial charge is 0.481 e. The van der Waals surface area contributed by atoms with Gasteiger partial charge in [0.15, 0.2) is 0 Å². The predicted octanol–water partition coefficient (Wildman–Crippen LogP) is 1.02. The Morgan fingerprint density at radius 2 is 2.29 bits per heavy atom. The van der Waals surface area contributed by atoms with Crippen molar-refractivity contribution >= 4 is 11.9 Å². The van der Waals surface area contributed by atoms with E-state index in [9.17, 15) is 9.59 Å². The molecule has 1 saturated heterocycles. The van der Waals surface area contributed by atoms with Crippen LogP contribution in [0.15, 0.2) is 24.4 Å². The van der Waals surface area contributed by atoms with Gasteiger partial charge in [0, 0.05) is 25.7 Å². The summed E-state index contributed by atoms with van der Waals surface area (Å²) in [6.07, 6.45) is 2.47. The van der Waals surface area contributed by atoms with E-state index in [-0.39, 0.29) is 18.2 Å². The average molecular weight is 234 g/mol. The van der Waals surface area contributed by atoms with Crippen LogP contribution in [0.3, 0.4) is 0 Å². The van der Waals surface area contributed by atoms with Gasteiger partial charge in [0.2, 0.25) is 0 Å². The fourth-order valence-corrected chi connectivity index (χ4v) is 2.08. The van der Waals surface area contributed by atoms with Crippen molar-refractivity contribution in [2.45, 2.75) is 12.8 Å². The summed E-state index contributed by atoms with van der Waals surface area (Å²) >= 11 is 0. The number of carboxylic acid groups (broad SMARTS) is 1. The summed E-state index contributed by atoms with van der Waals surface area (Å²) in [4.78, 5) is 28.3. The lowest BCUT2D eigenvalue weighted by atomic mass is 10.1. The topological polar surface area (TPSA) is 70.5 Å². The second-order valence-corrected chi connectivity index (χ2v) is 4.22. The van der Waals surface area contributed by atoms with Crippen molar-refractivity contribution in [2.75, 3.05) is 13.1 Å². The fraction of sp³-hybridized carbons (Fsp3) is 0.417. The van der Waals surface area contributed by atoms with Crippen LogP contribution in [0, 0.1) is 5.92 Å². The van der Waals surface area contributed by atoms with Crippen LogP contribution >= 0.6 is 0 Å². The molecular formula is C12H14N2O3. The highest BCUT2D eigenvalue weighted by molar-refractivity contribution is 5.92. The van der Waals surface area contributed by atoms with Crippen LogP contribution in [-0.2, 0) is 4.79 Å². The number of nitrogens with zero attached hydrogens (tertiary/aromatic N) is 2. The number of aromatic nitrogens is 1. The summed E-state index contributed by atoms with van der Waals surface area (Å²) < 4.78 is 0. The molecule has 1 amide bonds. The van der Waals surface area contributed by atoms with E-state index < -0.39 is 5.97 Å². The van der Waals surface area contributed by atoms with Crippen LogP contribution in [0.2, 0.25) is 0 Å². The van der Waals surface area contributed by atoms with E-state index in [2.05, 4.69) is 4.98 Å².